The molecule has 7 nitrogen and oxygen atoms in total. The summed E-state index contributed by atoms with van der Waals surface area (Å²) in [7, 11) is 0. The third-order valence-corrected chi connectivity index (χ3v) is 5.82. The van der Waals surface area contributed by atoms with E-state index in [1.54, 1.807) is 6.26 Å². The molecule has 0 saturated carbocycles. The number of carbonyl (C=O) groups excluding carboxylic acids is 1. The highest BCUT2D eigenvalue weighted by Gasteiger charge is 2.26. The van der Waals surface area contributed by atoms with E-state index in [1.165, 1.54) is 0 Å². The maximum atomic E-state index is 12.0. The molecule has 2 aromatic heterocycles. The van der Waals surface area contributed by atoms with Crippen LogP contribution in [-0.2, 0) is 22.7 Å². The molecular formula is C22H26N4O3S. The number of hydrogen-bond acceptors (Lipinski definition) is 6. The zero-order valence-electron chi connectivity index (χ0n) is 17.1. The molecule has 1 aliphatic rings. The van der Waals surface area contributed by atoms with E-state index in [0.29, 0.717) is 30.4 Å². The number of esters is 1. The monoisotopic (exact) mass is 426 g/mol. The number of ether oxygens (including phenoxy) is 1. The molecule has 0 spiro atoms. The molecule has 0 bridgehead atoms. The highest BCUT2D eigenvalue weighted by atomic mass is 32.1. The molecule has 3 aromatic rings. The summed E-state index contributed by atoms with van der Waals surface area (Å²) in [6.07, 6.45) is 3.23. The fraction of sp³-hybridized carbons (Fsp3) is 0.409. The van der Waals surface area contributed by atoms with Crippen molar-refractivity contribution in [1.82, 2.24) is 19.2 Å². The molecule has 0 N–H and O–H groups in total. The Kier molecular flexibility index (Phi) is 6.44. The van der Waals surface area contributed by atoms with Crippen LogP contribution in [0.3, 0.4) is 0 Å². The molecular weight excluding hydrogens is 400 g/mol. The van der Waals surface area contributed by atoms with Gasteiger partial charge in [0.15, 0.2) is 16.4 Å². The highest BCUT2D eigenvalue weighted by molar-refractivity contribution is 7.71. The molecule has 0 amide bonds. The second-order valence-corrected chi connectivity index (χ2v) is 7.81. The van der Waals surface area contributed by atoms with E-state index < -0.39 is 0 Å². The molecule has 158 valence electrons. The average Bonchev–Trinajstić information content (AvgIpc) is 3.40. The Hall–Kier alpha value is -2.71. The molecule has 8 heteroatoms. The Labute approximate surface area is 180 Å². The summed E-state index contributed by atoms with van der Waals surface area (Å²) < 4.78 is 15.3. The first kappa shape index (κ1) is 20.6. The van der Waals surface area contributed by atoms with E-state index in [-0.39, 0.29) is 11.9 Å². The summed E-state index contributed by atoms with van der Waals surface area (Å²) in [5.74, 6) is 1.32. The van der Waals surface area contributed by atoms with Crippen LogP contribution in [0.5, 0.6) is 0 Å². The fourth-order valence-electron chi connectivity index (χ4n) is 3.79. The summed E-state index contributed by atoms with van der Waals surface area (Å²) in [6, 6.07) is 13.9. The predicted octanol–water partition coefficient (Wildman–Crippen LogP) is 3.95. The quantitative estimate of drug-likeness (QED) is 0.421. The largest absolute Gasteiger partial charge is 0.466 e. The lowest BCUT2D eigenvalue weighted by atomic mass is 9.97. The first-order valence-corrected chi connectivity index (χ1v) is 10.7. The second-order valence-electron chi connectivity index (χ2n) is 7.44. The number of benzene rings is 1. The number of piperidine rings is 1. The zero-order chi connectivity index (χ0) is 20.9. The van der Waals surface area contributed by atoms with E-state index in [0.717, 1.165) is 37.3 Å². The van der Waals surface area contributed by atoms with E-state index in [2.05, 4.69) is 17.0 Å². The average molecular weight is 427 g/mol. The van der Waals surface area contributed by atoms with Gasteiger partial charge in [-0.25, -0.2) is 4.68 Å². The second kappa shape index (κ2) is 9.40. The molecule has 0 radical (unpaired) electrons. The molecule has 1 fully saturated rings. The lowest BCUT2D eigenvalue weighted by Gasteiger charge is -2.30. The summed E-state index contributed by atoms with van der Waals surface area (Å²) in [5.41, 5.74) is 1.15. The van der Waals surface area contributed by atoms with E-state index in [4.69, 9.17) is 26.5 Å². The van der Waals surface area contributed by atoms with Crippen molar-refractivity contribution in [2.75, 3.05) is 19.7 Å². The topological polar surface area (TPSA) is 65.4 Å². The van der Waals surface area contributed by atoms with Crippen molar-refractivity contribution in [3.63, 3.8) is 0 Å². The van der Waals surface area contributed by atoms with Crippen molar-refractivity contribution in [1.29, 1.82) is 0 Å². The molecule has 30 heavy (non-hydrogen) atoms. The molecule has 1 saturated heterocycles. The minimum absolute atomic E-state index is 0.0107. The van der Waals surface area contributed by atoms with Crippen LogP contribution in [-0.4, -0.2) is 44.9 Å². The van der Waals surface area contributed by atoms with Crippen LogP contribution in [0, 0.1) is 10.7 Å². The lowest BCUT2D eigenvalue weighted by molar-refractivity contribution is -0.149. The van der Waals surface area contributed by atoms with Gasteiger partial charge >= 0.3 is 5.97 Å². The maximum absolute atomic E-state index is 12.0. The highest BCUT2D eigenvalue weighted by Crippen LogP contribution is 2.22. The van der Waals surface area contributed by atoms with Crippen LogP contribution in [0.25, 0.3) is 11.6 Å². The number of nitrogens with zero attached hydrogens (tertiary/aromatic N) is 4. The molecule has 1 aromatic carbocycles. The van der Waals surface area contributed by atoms with Gasteiger partial charge in [0.1, 0.15) is 0 Å². The van der Waals surface area contributed by atoms with Gasteiger partial charge < -0.3 is 9.15 Å². The van der Waals surface area contributed by atoms with Crippen molar-refractivity contribution in [2.45, 2.75) is 33.0 Å². The molecule has 1 aliphatic heterocycles. The normalized spacial score (nSPS) is 15.4. The molecule has 0 unspecified atom stereocenters. The number of hydrogen-bond donors (Lipinski definition) is 0. The number of likely N-dealkylation sites (tertiary alicyclic amines) is 1. The summed E-state index contributed by atoms with van der Waals surface area (Å²) in [6.45, 7) is 5.12. The molecule has 0 atom stereocenters. The van der Waals surface area contributed by atoms with Gasteiger partial charge in [-0.2, -0.15) is 0 Å². The van der Waals surface area contributed by atoms with Crippen LogP contribution in [0.2, 0.25) is 0 Å². The Bertz CT molecular complexity index is 1020. The fourth-order valence-corrected chi connectivity index (χ4v) is 4.04. The number of aromatic nitrogens is 3. The first-order chi connectivity index (χ1) is 14.7. The number of carbonyl (C=O) groups is 1. The smallest absolute Gasteiger partial charge is 0.309 e. The van der Waals surface area contributed by atoms with E-state index in [9.17, 15) is 4.79 Å². The Morgan fingerprint density at radius 3 is 2.63 bits per heavy atom. The van der Waals surface area contributed by atoms with Crippen LogP contribution in [0.4, 0.5) is 0 Å². The van der Waals surface area contributed by atoms with Gasteiger partial charge in [0.05, 0.1) is 32.0 Å². The Morgan fingerprint density at radius 2 is 1.97 bits per heavy atom. The van der Waals surface area contributed by atoms with Crippen molar-refractivity contribution in [3.8, 4) is 11.6 Å². The van der Waals surface area contributed by atoms with Crippen LogP contribution in [0.15, 0.2) is 53.1 Å². The minimum Gasteiger partial charge on any atom is -0.466 e. The summed E-state index contributed by atoms with van der Waals surface area (Å²) >= 11 is 5.77. The third kappa shape index (κ3) is 4.55. The van der Waals surface area contributed by atoms with E-state index in [1.807, 2.05) is 46.5 Å². The van der Waals surface area contributed by atoms with Gasteiger partial charge in [0.25, 0.3) is 0 Å². The minimum atomic E-state index is -0.0824. The Morgan fingerprint density at radius 1 is 1.20 bits per heavy atom. The SMILES string of the molecule is CCOC(=O)C1CCN(Cn2nc(-c3ccco3)n(Cc3ccccc3)c2=S)CC1. The van der Waals surface area contributed by atoms with Gasteiger partial charge in [0.2, 0.25) is 0 Å². The van der Waals surface area contributed by atoms with Crippen LogP contribution >= 0.6 is 12.2 Å². The zero-order valence-corrected chi connectivity index (χ0v) is 17.9. The standard InChI is InChI=1S/C22H26N4O3S/c1-2-28-21(27)18-10-12-24(13-11-18)16-26-22(30)25(15-17-7-4-3-5-8-17)20(23-26)19-9-6-14-29-19/h3-9,14,18H,2,10-13,15-16H2,1H3. The van der Waals surface area contributed by atoms with Gasteiger partial charge in [-0.05, 0) is 49.7 Å². The maximum Gasteiger partial charge on any atom is 0.309 e. The van der Waals surface area contributed by atoms with Crippen LogP contribution < -0.4 is 0 Å². The van der Waals surface area contributed by atoms with Gasteiger partial charge in [0, 0.05) is 13.1 Å². The van der Waals surface area contributed by atoms with E-state index >= 15 is 0 Å². The van der Waals surface area contributed by atoms with Gasteiger partial charge in [-0.15, -0.1) is 5.10 Å². The van der Waals surface area contributed by atoms with Gasteiger partial charge in [-0.1, -0.05) is 30.3 Å². The summed E-state index contributed by atoms with van der Waals surface area (Å²) in [4.78, 5) is 14.3. The molecule has 3 heterocycles. The Balaban J connectivity index is 1.52. The van der Waals surface area contributed by atoms with Crippen molar-refractivity contribution in [2.24, 2.45) is 5.92 Å². The van der Waals surface area contributed by atoms with Crippen LogP contribution in [0.1, 0.15) is 25.3 Å². The number of rotatable bonds is 7. The van der Waals surface area contributed by atoms with Crippen molar-refractivity contribution >= 4 is 18.2 Å². The molecule has 4 rings (SSSR count). The van der Waals surface area contributed by atoms with Crippen molar-refractivity contribution in [3.05, 3.63) is 59.1 Å². The third-order valence-electron chi connectivity index (χ3n) is 5.39. The summed E-state index contributed by atoms with van der Waals surface area (Å²) in [5, 5.41) is 4.77. The first-order valence-electron chi connectivity index (χ1n) is 10.3. The lowest BCUT2D eigenvalue weighted by Crippen LogP contribution is -2.38. The molecule has 0 aliphatic carbocycles. The van der Waals surface area contributed by atoms with Crippen molar-refractivity contribution < 1.29 is 13.9 Å². The number of furan rings is 1. The predicted molar refractivity (Wildman–Crippen MR) is 115 cm³/mol. The van der Waals surface area contributed by atoms with Gasteiger partial charge in [-0.3, -0.25) is 14.3 Å².